The van der Waals surface area contributed by atoms with Gasteiger partial charge in [0.15, 0.2) is 10.4 Å². The minimum Gasteiger partial charge on any atom is -0.444 e. The Labute approximate surface area is 131 Å². The highest BCUT2D eigenvalue weighted by Crippen LogP contribution is 2.20. The van der Waals surface area contributed by atoms with Crippen LogP contribution in [0, 0.1) is 0 Å². The van der Waals surface area contributed by atoms with E-state index in [1.807, 2.05) is 29.2 Å². The molecule has 0 bridgehead atoms. The molecule has 2 aromatic rings. The van der Waals surface area contributed by atoms with E-state index in [0.717, 1.165) is 24.5 Å². The number of carbonyl (C=O) groups excluding carboxylic acids is 1. The maximum absolute atomic E-state index is 12.3. The predicted molar refractivity (Wildman–Crippen MR) is 85.4 cm³/mol. The van der Waals surface area contributed by atoms with Gasteiger partial charge in [-0.1, -0.05) is 0 Å². The molecule has 0 spiro atoms. The summed E-state index contributed by atoms with van der Waals surface area (Å²) in [6.07, 6.45) is 0. The number of hydrogen-bond donors (Lipinski definition) is 1. The second-order valence-electron chi connectivity index (χ2n) is 4.97. The first-order valence-corrected chi connectivity index (χ1v) is 7.58. The summed E-state index contributed by atoms with van der Waals surface area (Å²) in [4.78, 5) is 16.3. The Kier molecular flexibility index (Phi) is 3.88. The van der Waals surface area contributed by atoms with Gasteiger partial charge in [-0.2, -0.15) is 0 Å². The van der Waals surface area contributed by atoms with Gasteiger partial charge >= 0.3 is 0 Å². The lowest BCUT2D eigenvalue weighted by molar-refractivity contribution is 0.0713. The molecule has 1 aromatic carbocycles. The van der Waals surface area contributed by atoms with E-state index in [1.54, 1.807) is 12.1 Å². The van der Waals surface area contributed by atoms with E-state index in [4.69, 9.17) is 10.2 Å². The third kappa shape index (κ3) is 3.05. The van der Waals surface area contributed by atoms with Crippen molar-refractivity contribution in [3.63, 3.8) is 0 Å². The zero-order chi connectivity index (χ0) is 14.8. The van der Waals surface area contributed by atoms with Crippen LogP contribution in [-0.4, -0.2) is 37.0 Å². The number of furan rings is 1. The first-order chi connectivity index (χ1) is 10.1. The van der Waals surface area contributed by atoms with E-state index < -0.39 is 0 Å². The summed E-state index contributed by atoms with van der Waals surface area (Å²) in [6.45, 7) is 2.97. The highest BCUT2D eigenvalue weighted by Gasteiger charge is 2.24. The first kappa shape index (κ1) is 14.0. The number of piperazine rings is 1. The van der Waals surface area contributed by atoms with Crippen molar-refractivity contribution in [2.75, 3.05) is 36.8 Å². The molecule has 1 aromatic heterocycles. The Balaban J connectivity index is 1.62. The first-order valence-electron chi connectivity index (χ1n) is 6.78. The lowest BCUT2D eigenvalue weighted by Gasteiger charge is -2.35. The van der Waals surface area contributed by atoms with Crippen LogP contribution in [-0.2, 0) is 0 Å². The van der Waals surface area contributed by atoms with Gasteiger partial charge in [0.2, 0.25) is 0 Å². The van der Waals surface area contributed by atoms with Gasteiger partial charge in [0.05, 0.1) is 0 Å². The van der Waals surface area contributed by atoms with Gasteiger partial charge in [-0.15, -0.1) is 0 Å². The van der Waals surface area contributed by atoms with Crippen molar-refractivity contribution in [1.29, 1.82) is 0 Å². The van der Waals surface area contributed by atoms with E-state index in [1.165, 1.54) is 0 Å². The van der Waals surface area contributed by atoms with Crippen molar-refractivity contribution in [3.05, 3.63) is 46.8 Å². The van der Waals surface area contributed by atoms with E-state index in [2.05, 4.69) is 20.8 Å². The molecule has 3 rings (SSSR count). The SMILES string of the molecule is Nc1ccc(N2CCN(C(=O)c3ccc(Br)o3)CC2)cc1. The van der Waals surface area contributed by atoms with Crippen molar-refractivity contribution >= 4 is 33.2 Å². The normalized spacial score (nSPS) is 15.3. The molecule has 1 amide bonds. The number of nitrogen functional groups attached to an aromatic ring is 1. The van der Waals surface area contributed by atoms with Gasteiger partial charge in [0.25, 0.3) is 5.91 Å². The van der Waals surface area contributed by atoms with Gasteiger partial charge in [-0.05, 0) is 52.3 Å². The summed E-state index contributed by atoms with van der Waals surface area (Å²) in [5.74, 6) is 0.320. The number of nitrogens with two attached hydrogens (primary N) is 1. The molecule has 1 saturated heterocycles. The van der Waals surface area contributed by atoms with E-state index >= 15 is 0 Å². The molecule has 2 heterocycles. The minimum absolute atomic E-state index is 0.0577. The van der Waals surface area contributed by atoms with E-state index in [-0.39, 0.29) is 5.91 Å². The molecule has 0 aliphatic carbocycles. The van der Waals surface area contributed by atoms with Crippen LogP contribution in [0.1, 0.15) is 10.6 Å². The number of nitrogens with zero attached hydrogens (tertiary/aromatic N) is 2. The minimum atomic E-state index is -0.0577. The standard InChI is InChI=1S/C15H16BrN3O2/c16-14-6-5-13(21-14)15(20)19-9-7-18(8-10-19)12-3-1-11(17)2-4-12/h1-6H,7-10,17H2. The average Bonchev–Trinajstić information content (AvgIpc) is 2.94. The Hall–Kier alpha value is -1.95. The molecular weight excluding hydrogens is 334 g/mol. The van der Waals surface area contributed by atoms with Crippen molar-refractivity contribution in [2.24, 2.45) is 0 Å². The molecule has 0 atom stereocenters. The summed E-state index contributed by atoms with van der Waals surface area (Å²) in [5.41, 5.74) is 7.60. The second kappa shape index (κ2) is 5.81. The number of carbonyl (C=O) groups is 1. The van der Waals surface area contributed by atoms with Gasteiger partial charge < -0.3 is 20.0 Å². The molecule has 1 aliphatic rings. The molecule has 0 saturated carbocycles. The highest BCUT2D eigenvalue weighted by atomic mass is 79.9. The fourth-order valence-electron chi connectivity index (χ4n) is 2.44. The molecule has 5 nitrogen and oxygen atoms in total. The van der Waals surface area contributed by atoms with Crippen LogP contribution in [0.25, 0.3) is 0 Å². The fraction of sp³-hybridized carbons (Fsp3) is 0.267. The number of halogens is 1. The zero-order valence-corrected chi connectivity index (χ0v) is 13.0. The van der Waals surface area contributed by atoms with Crippen LogP contribution >= 0.6 is 15.9 Å². The second-order valence-corrected chi connectivity index (χ2v) is 5.76. The van der Waals surface area contributed by atoms with Gasteiger partial charge in [-0.25, -0.2) is 0 Å². The monoisotopic (exact) mass is 349 g/mol. The summed E-state index contributed by atoms with van der Waals surface area (Å²) in [6, 6.07) is 11.2. The van der Waals surface area contributed by atoms with Crippen LogP contribution in [0.4, 0.5) is 11.4 Å². The van der Waals surface area contributed by atoms with Crippen LogP contribution < -0.4 is 10.6 Å². The number of anilines is 2. The average molecular weight is 350 g/mol. The largest absolute Gasteiger partial charge is 0.444 e. The number of rotatable bonds is 2. The number of amides is 1. The van der Waals surface area contributed by atoms with Crippen LogP contribution in [0.3, 0.4) is 0 Å². The molecule has 2 N–H and O–H groups in total. The zero-order valence-electron chi connectivity index (χ0n) is 11.5. The molecule has 21 heavy (non-hydrogen) atoms. The van der Waals surface area contributed by atoms with Crippen molar-refractivity contribution < 1.29 is 9.21 Å². The van der Waals surface area contributed by atoms with Crippen molar-refractivity contribution in [2.45, 2.75) is 0 Å². The smallest absolute Gasteiger partial charge is 0.289 e. The van der Waals surface area contributed by atoms with Crippen LogP contribution in [0.15, 0.2) is 45.5 Å². The Morgan fingerprint density at radius 2 is 1.71 bits per heavy atom. The lowest BCUT2D eigenvalue weighted by atomic mass is 10.2. The topological polar surface area (TPSA) is 62.7 Å². The van der Waals surface area contributed by atoms with E-state index in [0.29, 0.717) is 23.5 Å². The Bertz CT molecular complexity index is 631. The molecule has 6 heteroatoms. The number of hydrogen-bond acceptors (Lipinski definition) is 4. The molecule has 0 radical (unpaired) electrons. The number of benzene rings is 1. The van der Waals surface area contributed by atoms with Gasteiger partial charge in [-0.3, -0.25) is 4.79 Å². The summed E-state index contributed by atoms with van der Waals surface area (Å²) < 4.78 is 5.90. The molecule has 1 aliphatic heterocycles. The fourth-order valence-corrected chi connectivity index (χ4v) is 2.74. The molecular formula is C15H16BrN3O2. The summed E-state index contributed by atoms with van der Waals surface area (Å²) in [5, 5.41) is 0. The lowest BCUT2D eigenvalue weighted by Crippen LogP contribution is -2.48. The molecule has 0 unspecified atom stereocenters. The molecule has 1 fully saturated rings. The van der Waals surface area contributed by atoms with E-state index in [9.17, 15) is 4.79 Å². The van der Waals surface area contributed by atoms with Gasteiger partial charge in [0.1, 0.15) is 0 Å². The Morgan fingerprint density at radius 3 is 2.29 bits per heavy atom. The maximum Gasteiger partial charge on any atom is 0.289 e. The van der Waals surface area contributed by atoms with Crippen LogP contribution in [0.5, 0.6) is 0 Å². The van der Waals surface area contributed by atoms with Crippen molar-refractivity contribution in [1.82, 2.24) is 4.90 Å². The molecule has 110 valence electrons. The van der Waals surface area contributed by atoms with Crippen molar-refractivity contribution in [3.8, 4) is 0 Å². The third-order valence-electron chi connectivity index (χ3n) is 3.61. The quantitative estimate of drug-likeness (QED) is 0.846. The maximum atomic E-state index is 12.3. The Morgan fingerprint density at radius 1 is 1.05 bits per heavy atom. The predicted octanol–water partition coefficient (Wildman–Crippen LogP) is 2.59. The third-order valence-corrected chi connectivity index (χ3v) is 4.04. The van der Waals surface area contributed by atoms with Crippen LogP contribution in [0.2, 0.25) is 0 Å². The summed E-state index contributed by atoms with van der Waals surface area (Å²) >= 11 is 3.21. The summed E-state index contributed by atoms with van der Waals surface area (Å²) in [7, 11) is 0. The highest BCUT2D eigenvalue weighted by molar-refractivity contribution is 9.10. The van der Waals surface area contributed by atoms with Gasteiger partial charge in [0, 0.05) is 37.6 Å².